The van der Waals surface area contributed by atoms with Gasteiger partial charge >= 0.3 is 0 Å². The lowest BCUT2D eigenvalue weighted by Gasteiger charge is -2.26. The number of likely N-dealkylation sites (tertiary alicyclic amines) is 1. The molecule has 1 fully saturated rings. The molecule has 1 aliphatic rings. The number of amides is 2. The Hall–Kier alpha value is -4.08. The Labute approximate surface area is 202 Å². The molecule has 0 saturated carbocycles. The number of nitrogens with one attached hydrogen (secondary N) is 1. The summed E-state index contributed by atoms with van der Waals surface area (Å²) in [6.45, 7) is 4.51. The molecule has 1 unspecified atom stereocenters. The number of pyridine rings is 1. The summed E-state index contributed by atoms with van der Waals surface area (Å²) in [5, 5.41) is 12.9. The van der Waals surface area contributed by atoms with E-state index in [1.165, 1.54) is 37.5 Å². The molecule has 9 nitrogen and oxygen atoms in total. The Morgan fingerprint density at radius 3 is 2.57 bits per heavy atom. The summed E-state index contributed by atoms with van der Waals surface area (Å²) in [5.41, 5.74) is -0.161. The van der Waals surface area contributed by atoms with Crippen LogP contribution in [-0.2, 0) is 13.6 Å². The molecule has 1 saturated heterocycles. The van der Waals surface area contributed by atoms with Crippen LogP contribution in [0.25, 0.3) is 0 Å². The molecule has 0 spiro atoms. The number of benzene rings is 1. The zero-order valence-corrected chi connectivity index (χ0v) is 19.9. The van der Waals surface area contributed by atoms with Crippen molar-refractivity contribution in [3.8, 4) is 5.75 Å². The van der Waals surface area contributed by atoms with Gasteiger partial charge in [-0.15, -0.1) is 0 Å². The second-order valence-electron chi connectivity index (χ2n) is 7.74. The molecule has 0 aliphatic carbocycles. The largest absolute Gasteiger partial charge is 0.501 e. The van der Waals surface area contributed by atoms with E-state index in [-0.39, 0.29) is 18.3 Å². The zero-order valence-electron chi connectivity index (χ0n) is 19.9. The fourth-order valence-electron chi connectivity index (χ4n) is 3.86. The van der Waals surface area contributed by atoms with Crippen LogP contribution in [0.1, 0.15) is 65.0 Å². The Morgan fingerprint density at radius 2 is 1.91 bits per heavy atom. The smallest absolute Gasteiger partial charge is 0.296 e. The second kappa shape index (κ2) is 11.4. The average Bonchev–Trinajstić information content (AvgIpc) is 3.38. The number of halogens is 1. The van der Waals surface area contributed by atoms with Crippen LogP contribution < -0.4 is 10.9 Å². The lowest BCUT2D eigenvalue weighted by atomic mass is 10.1. The Kier molecular flexibility index (Phi) is 8.30. The summed E-state index contributed by atoms with van der Waals surface area (Å²) in [4.78, 5) is 48.3. The number of aromatic hydroxyl groups is 1. The Balaban J connectivity index is 0.00000167. The molecule has 3 aromatic rings. The van der Waals surface area contributed by atoms with E-state index in [1.54, 1.807) is 23.2 Å². The molecule has 3 heterocycles. The highest BCUT2D eigenvalue weighted by Gasteiger charge is 2.35. The molecular formula is C25H28FN5O4. The van der Waals surface area contributed by atoms with Crippen molar-refractivity contribution in [3.63, 3.8) is 0 Å². The van der Waals surface area contributed by atoms with E-state index in [4.69, 9.17) is 0 Å². The Morgan fingerprint density at radius 1 is 1.20 bits per heavy atom. The van der Waals surface area contributed by atoms with E-state index < -0.39 is 34.8 Å². The maximum Gasteiger partial charge on any atom is 0.296 e. The number of hydrogen-bond donors (Lipinski definition) is 2. The lowest BCUT2D eigenvalue weighted by molar-refractivity contribution is 0.0726. The summed E-state index contributed by atoms with van der Waals surface area (Å²) in [6, 6.07) is 8.33. The molecule has 35 heavy (non-hydrogen) atoms. The van der Waals surface area contributed by atoms with Gasteiger partial charge < -0.3 is 15.3 Å². The number of carbonyl (C=O) groups is 2. The summed E-state index contributed by atoms with van der Waals surface area (Å²) in [6.07, 6.45) is 4.28. The van der Waals surface area contributed by atoms with Crippen LogP contribution in [0, 0.1) is 5.82 Å². The van der Waals surface area contributed by atoms with Crippen molar-refractivity contribution in [2.75, 3.05) is 6.54 Å². The number of hydrogen-bond acceptors (Lipinski definition) is 6. The van der Waals surface area contributed by atoms with Gasteiger partial charge in [-0.05, 0) is 42.7 Å². The molecule has 1 aromatic carbocycles. The lowest BCUT2D eigenvalue weighted by Crippen LogP contribution is -2.36. The van der Waals surface area contributed by atoms with E-state index in [9.17, 15) is 23.9 Å². The quantitative estimate of drug-likeness (QED) is 0.579. The maximum atomic E-state index is 13.1. The molecule has 2 amide bonds. The second-order valence-corrected chi connectivity index (χ2v) is 7.74. The first kappa shape index (κ1) is 25.5. The van der Waals surface area contributed by atoms with Crippen LogP contribution in [0.4, 0.5) is 4.39 Å². The topological polar surface area (TPSA) is 117 Å². The maximum absolute atomic E-state index is 13.1. The minimum atomic E-state index is -0.785. The van der Waals surface area contributed by atoms with E-state index in [0.29, 0.717) is 30.5 Å². The average molecular weight is 482 g/mol. The van der Waals surface area contributed by atoms with Gasteiger partial charge in [-0.2, -0.15) is 0 Å². The zero-order chi connectivity index (χ0) is 25.5. The van der Waals surface area contributed by atoms with Crippen molar-refractivity contribution >= 4 is 11.8 Å². The molecule has 184 valence electrons. The first-order valence-electron chi connectivity index (χ1n) is 11.4. The summed E-state index contributed by atoms with van der Waals surface area (Å²) < 4.78 is 14.2. The molecule has 0 bridgehead atoms. The van der Waals surface area contributed by atoms with Gasteiger partial charge in [-0.25, -0.2) is 9.37 Å². The highest BCUT2D eigenvalue weighted by Crippen LogP contribution is 2.32. The van der Waals surface area contributed by atoms with E-state index in [1.807, 2.05) is 13.8 Å². The fourth-order valence-corrected chi connectivity index (χ4v) is 3.86. The first-order valence-corrected chi connectivity index (χ1v) is 11.4. The summed E-state index contributed by atoms with van der Waals surface area (Å²) in [5.74, 6) is -1.97. The number of nitrogens with zero attached hydrogens (tertiary/aromatic N) is 4. The van der Waals surface area contributed by atoms with Crippen molar-refractivity contribution in [1.82, 2.24) is 24.8 Å². The third kappa shape index (κ3) is 5.53. The molecule has 4 rings (SSSR count). The monoisotopic (exact) mass is 481 g/mol. The number of aromatic nitrogens is 3. The summed E-state index contributed by atoms with van der Waals surface area (Å²) >= 11 is 0. The van der Waals surface area contributed by atoms with Crippen molar-refractivity contribution in [2.45, 2.75) is 39.3 Å². The molecule has 10 heteroatoms. The van der Waals surface area contributed by atoms with Gasteiger partial charge in [-0.1, -0.05) is 26.0 Å². The van der Waals surface area contributed by atoms with Crippen LogP contribution in [0.3, 0.4) is 0 Å². The molecule has 1 atom stereocenters. The van der Waals surface area contributed by atoms with Crippen LogP contribution in [0.5, 0.6) is 5.75 Å². The van der Waals surface area contributed by atoms with Crippen molar-refractivity contribution < 1.29 is 19.1 Å². The predicted octanol–water partition coefficient (Wildman–Crippen LogP) is 2.95. The highest BCUT2D eigenvalue weighted by atomic mass is 19.1. The van der Waals surface area contributed by atoms with Crippen molar-refractivity contribution in [1.29, 1.82) is 0 Å². The van der Waals surface area contributed by atoms with Gasteiger partial charge in [-0.3, -0.25) is 23.9 Å². The number of rotatable bonds is 5. The van der Waals surface area contributed by atoms with E-state index >= 15 is 0 Å². The molecule has 2 aromatic heterocycles. The molecule has 2 N–H and O–H groups in total. The van der Waals surface area contributed by atoms with Crippen LogP contribution in [0.15, 0.2) is 53.6 Å². The normalized spacial score (nSPS) is 14.7. The molecule has 0 radical (unpaired) electrons. The SMILES string of the molecule is CC.Cn1c(C2CCCN2C(=O)c2cccnc2)nc(C(=O)NCc2ccc(F)cc2)c(O)c1=O. The van der Waals surface area contributed by atoms with Gasteiger partial charge in [0, 0.05) is 32.5 Å². The van der Waals surface area contributed by atoms with Crippen LogP contribution >= 0.6 is 0 Å². The number of carbonyl (C=O) groups excluding carboxylic acids is 2. The van der Waals surface area contributed by atoms with Crippen LogP contribution in [-0.4, -0.2) is 42.9 Å². The third-order valence-electron chi connectivity index (χ3n) is 5.60. The summed E-state index contributed by atoms with van der Waals surface area (Å²) in [7, 11) is 1.44. The Bertz CT molecular complexity index is 1250. The molecular weight excluding hydrogens is 453 g/mol. The molecule has 1 aliphatic heterocycles. The van der Waals surface area contributed by atoms with E-state index in [0.717, 1.165) is 4.57 Å². The van der Waals surface area contributed by atoms with Gasteiger partial charge in [0.05, 0.1) is 11.6 Å². The minimum Gasteiger partial charge on any atom is -0.501 e. The fraction of sp³-hybridized carbons (Fsp3) is 0.320. The van der Waals surface area contributed by atoms with Crippen LogP contribution in [0.2, 0.25) is 0 Å². The van der Waals surface area contributed by atoms with Gasteiger partial charge in [0.2, 0.25) is 5.75 Å². The van der Waals surface area contributed by atoms with Gasteiger partial charge in [0.25, 0.3) is 17.4 Å². The third-order valence-corrected chi connectivity index (χ3v) is 5.60. The predicted molar refractivity (Wildman–Crippen MR) is 127 cm³/mol. The van der Waals surface area contributed by atoms with Gasteiger partial charge in [0.1, 0.15) is 11.6 Å². The minimum absolute atomic E-state index is 0.0554. The first-order chi connectivity index (χ1) is 16.9. The van der Waals surface area contributed by atoms with E-state index in [2.05, 4.69) is 15.3 Å². The highest BCUT2D eigenvalue weighted by molar-refractivity contribution is 5.95. The van der Waals surface area contributed by atoms with Gasteiger partial charge in [0.15, 0.2) is 5.69 Å². The van der Waals surface area contributed by atoms with Crippen molar-refractivity contribution in [2.24, 2.45) is 7.05 Å². The standard InChI is InChI=1S/C23H22FN5O4.C2H6/c1-28-20(17-5-3-11-29(17)22(32)15-4-2-10-25-13-15)27-18(19(30)23(28)33)21(31)26-12-14-6-8-16(24)9-7-14;1-2/h2,4,6-10,13,17,30H,3,5,11-12H2,1H3,(H,26,31);1-2H3. The van der Waals surface area contributed by atoms with Crippen molar-refractivity contribution in [3.05, 3.63) is 87.6 Å².